The molecular formula is C13H18N4O. The molecule has 1 N–H and O–H groups in total. The summed E-state index contributed by atoms with van der Waals surface area (Å²) >= 11 is 0. The lowest BCUT2D eigenvalue weighted by Crippen LogP contribution is -2.39. The summed E-state index contributed by atoms with van der Waals surface area (Å²) in [4.78, 5) is 16.2. The van der Waals surface area contributed by atoms with Crippen molar-refractivity contribution in [2.75, 3.05) is 0 Å². The van der Waals surface area contributed by atoms with Crippen molar-refractivity contribution in [3.05, 3.63) is 23.8 Å². The van der Waals surface area contributed by atoms with Crippen molar-refractivity contribution in [2.45, 2.75) is 38.8 Å². The standard InChI is InChI=1S/C13H18N4O/c1-8-4-10(18)5-11(14-8)12-7-17-6-9(2)15-13(17)16(12)3/h6-8,11,14H,4-5H2,1-3H3. The van der Waals surface area contributed by atoms with Crippen molar-refractivity contribution in [1.82, 2.24) is 19.3 Å². The number of piperidine rings is 1. The molecule has 0 spiro atoms. The third kappa shape index (κ3) is 1.75. The molecule has 1 saturated heterocycles. The molecule has 2 atom stereocenters. The van der Waals surface area contributed by atoms with Crippen LogP contribution in [0.1, 0.15) is 37.2 Å². The third-order valence-corrected chi connectivity index (χ3v) is 3.60. The van der Waals surface area contributed by atoms with E-state index in [1.54, 1.807) is 0 Å². The fourth-order valence-corrected chi connectivity index (χ4v) is 2.82. The molecule has 96 valence electrons. The van der Waals surface area contributed by atoms with Gasteiger partial charge in [-0.15, -0.1) is 0 Å². The fraction of sp³-hybridized carbons (Fsp3) is 0.538. The molecule has 3 rings (SSSR count). The highest BCUT2D eigenvalue weighted by Gasteiger charge is 2.27. The van der Waals surface area contributed by atoms with Gasteiger partial charge >= 0.3 is 0 Å². The molecule has 1 aliphatic heterocycles. The highest BCUT2D eigenvalue weighted by atomic mass is 16.1. The quantitative estimate of drug-likeness (QED) is 0.826. The molecule has 2 unspecified atom stereocenters. The zero-order valence-corrected chi connectivity index (χ0v) is 11.0. The number of nitrogens with zero attached hydrogens (tertiary/aromatic N) is 3. The van der Waals surface area contributed by atoms with E-state index in [4.69, 9.17) is 0 Å². The maximum absolute atomic E-state index is 11.7. The minimum absolute atomic E-state index is 0.105. The van der Waals surface area contributed by atoms with Crippen molar-refractivity contribution >= 4 is 11.6 Å². The third-order valence-electron chi connectivity index (χ3n) is 3.60. The van der Waals surface area contributed by atoms with Crippen LogP contribution in [0, 0.1) is 6.92 Å². The number of rotatable bonds is 1. The number of hydrogen-bond acceptors (Lipinski definition) is 3. The second-order valence-electron chi connectivity index (χ2n) is 5.27. The van der Waals surface area contributed by atoms with Crippen molar-refractivity contribution in [3.63, 3.8) is 0 Å². The highest BCUT2D eigenvalue weighted by Crippen LogP contribution is 2.25. The van der Waals surface area contributed by atoms with Crippen LogP contribution >= 0.6 is 0 Å². The molecule has 5 heteroatoms. The number of ketones is 1. The molecule has 3 heterocycles. The normalized spacial score (nSPS) is 24.9. The van der Waals surface area contributed by atoms with Crippen LogP contribution in [-0.2, 0) is 11.8 Å². The minimum Gasteiger partial charge on any atom is -0.315 e. The fourth-order valence-electron chi connectivity index (χ4n) is 2.82. The Balaban J connectivity index is 2.00. The van der Waals surface area contributed by atoms with Gasteiger partial charge in [0, 0.05) is 38.3 Å². The van der Waals surface area contributed by atoms with E-state index in [9.17, 15) is 4.79 Å². The average Bonchev–Trinajstić information content (AvgIpc) is 2.76. The van der Waals surface area contributed by atoms with E-state index in [1.807, 2.05) is 24.6 Å². The van der Waals surface area contributed by atoms with Gasteiger partial charge in [-0.1, -0.05) is 0 Å². The molecule has 2 aromatic rings. The molecule has 1 fully saturated rings. The first-order chi connectivity index (χ1) is 8.54. The van der Waals surface area contributed by atoms with Crippen molar-refractivity contribution < 1.29 is 4.79 Å². The van der Waals surface area contributed by atoms with Crippen LogP contribution in [0.25, 0.3) is 5.78 Å². The molecule has 0 bridgehead atoms. The molecule has 0 aromatic carbocycles. The first kappa shape index (κ1) is 11.5. The smallest absolute Gasteiger partial charge is 0.214 e. The van der Waals surface area contributed by atoms with Crippen LogP contribution in [0.15, 0.2) is 12.4 Å². The van der Waals surface area contributed by atoms with Crippen molar-refractivity contribution in [3.8, 4) is 0 Å². The molecular weight excluding hydrogens is 228 g/mol. The van der Waals surface area contributed by atoms with Gasteiger partial charge in [-0.2, -0.15) is 0 Å². The zero-order chi connectivity index (χ0) is 12.9. The predicted octanol–water partition coefficient (Wildman–Crippen LogP) is 1.36. The van der Waals surface area contributed by atoms with Crippen LogP contribution < -0.4 is 5.32 Å². The summed E-state index contributed by atoms with van der Waals surface area (Å²) in [5, 5.41) is 3.49. The van der Waals surface area contributed by atoms with Crippen LogP contribution in [0.3, 0.4) is 0 Å². The Bertz CT molecular complexity index is 610. The van der Waals surface area contributed by atoms with E-state index in [2.05, 4.69) is 28.0 Å². The first-order valence-electron chi connectivity index (χ1n) is 6.33. The molecule has 5 nitrogen and oxygen atoms in total. The summed E-state index contributed by atoms with van der Waals surface area (Å²) in [6.45, 7) is 4.04. The van der Waals surface area contributed by atoms with E-state index in [1.165, 1.54) is 0 Å². The Hall–Kier alpha value is -1.62. The summed E-state index contributed by atoms with van der Waals surface area (Å²) in [5.41, 5.74) is 2.13. The SMILES string of the molecule is Cc1cn2cc(C3CC(=O)CC(C)N3)n(C)c2n1. The lowest BCUT2D eigenvalue weighted by molar-refractivity contribution is -0.121. The Morgan fingerprint density at radius 3 is 2.83 bits per heavy atom. The van der Waals surface area contributed by atoms with Crippen LogP contribution in [-0.4, -0.2) is 25.8 Å². The number of carbonyl (C=O) groups is 1. The summed E-state index contributed by atoms with van der Waals surface area (Å²) < 4.78 is 4.09. The number of nitrogens with one attached hydrogen (secondary N) is 1. The molecule has 0 saturated carbocycles. The Labute approximate surface area is 106 Å². The van der Waals surface area contributed by atoms with Crippen molar-refractivity contribution in [1.29, 1.82) is 0 Å². The van der Waals surface area contributed by atoms with Crippen LogP contribution in [0.5, 0.6) is 0 Å². The minimum atomic E-state index is 0.105. The monoisotopic (exact) mass is 246 g/mol. The van der Waals surface area contributed by atoms with Gasteiger partial charge in [-0.25, -0.2) is 4.98 Å². The van der Waals surface area contributed by atoms with E-state index in [-0.39, 0.29) is 12.1 Å². The molecule has 1 aliphatic rings. The van der Waals surface area contributed by atoms with Gasteiger partial charge in [0.25, 0.3) is 0 Å². The van der Waals surface area contributed by atoms with Crippen LogP contribution in [0.4, 0.5) is 0 Å². The lowest BCUT2D eigenvalue weighted by atomic mass is 9.96. The van der Waals surface area contributed by atoms with E-state index in [0.717, 1.165) is 17.2 Å². The van der Waals surface area contributed by atoms with E-state index < -0.39 is 0 Å². The number of aryl methyl sites for hydroxylation is 2. The summed E-state index contributed by atoms with van der Waals surface area (Å²) in [5.74, 6) is 1.26. The Morgan fingerprint density at radius 2 is 2.17 bits per heavy atom. The number of Topliss-reactive ketones (excluding diaryl/α,β-unsaturated/α-hetero) is 1. The Morgan fingerprint density at radius 1 is 1.39 bits per heavy atom. The predicted molar refractivity (Wildman–Crippen MR) is 68.5 cm³/mol. The highest BCUT2D eigenvalue weighted by molar-refractivity contribution is 5.80. The number of imidazole rings is 2. The number of fused-ring (bicyclic) bond motifs is 1. The summed E-state index contributed by atoms with van der Waals surface area (Å²) in [6.07, 6.45) is 5.28. The van der Waals surface area contributed by atoms with Crippen molar-refractivity contribution in [2.24, 2.45) is 7.05 Å². The van der Waals surface area contributed by atoms with E-state index in [0.29, 0.717) is 18.6 Å². The van der Waals surface area contributed by atoms with Gasteiger partial charge in [0.15, 0.2) is 0 Å². The molecule has 18 heavy (non-hydrogen) atoms. The molecule has 2 aromatic heterocycles. The largest absolute Gasteiger partial charge is 0.315 e. The lowest BCUT2D eigenvalue weighted by Gasteiger charge is -2.28. The second-order valence-corrected chi connectivity index (χ2v) is 5.27. The molecule has 0 amide bonds. The zero-order valence-electron chi connectivity index (χ0n) is 11.0. The maximum atomic E-state index is 11.7. The molecule has 0 radical (unpaired) electrons. The van der Waals surface area contributed by atoms with Crippen LogP contribution in [0.2, 0.25) is 0 Å². The summed E-state index contributed by atoms with van der Waals surface area (Å²) in [7, 11) is 2.00. The second kappa shape index (κ2) is 3.95. The van der Waals surface area contributed by atoms with Gasteiger partial charge in [0.05, 0.1) is 17.4 Å². The maximum Gasteiger partial charge on any atom is 0.214 e. The van der Waals surface area contributed by atoms with E-state index >= 15 is 0 Å². The van der Waals surface area contributed by atoms with Gasteiger partial charge in [0.2, 0.25) is 5.78 Å². The average molecular weight is 246 g/mol. The molecule has 0 aliphatic carbocycles. The Kier molecular flexibility index (Phi) is 2.52. The summed E-state index contributed by atoms with van der Waals surface area (Å²) in [6, 6.07) is 0.355. The topological polar surface area (TPSA) is 51.3 Å². The van der Waals surface area contributed by atoms with Gasteiger partial charge < -0.3 is 9.88 Å². The number of aromatic nitrogens is 3. The number of carbonyl (C=O) groups excluding carboxylic acids is 1. The van der Waals surface area contributed by atoms with Gasteiger partial charge in [0.1, 0.15) is 5.78 Å². The van der Waals surface area contributed by atoms with Gasteiger partial charge in [-0.3, -0.25) is 9.20 Å². The first-order valence-corrected chi connectivity index (χ1v) is 6.33. The van der Waals surface area contributed by atoms with Gasteiger partial charge in [-0.05, 0) is 13.8 Å². The number of hydrogen-bond donors (Lipinski definition) is 1.